The van der Waals surface area contributed by atoms with Gasteiger partial charge in [0, 0.05) is 40.3 Å². The van der Waals surface area contributed by atoms with Crippen LogP contribution >= 0.6 is 0 Å². The van der Waals surface area contributed by atoms with E-state index >= 15 is 0 Å². The Hall–Kier alpha value is -0.770. The quantitative estimate of drug-likeness (QED) is 0.453. The molecule has 0 amide bonds. The first kappa shape index (κ1) is 13.3. The molecule has 0 aromatic rings. The van der Waals surface area contributed by atoms with Crippen LogP contribution in [0.3, 0.4) is 0 Å². The van der Waals surface area contributed by atoms with Crippen LogP contribution in [0, 0.1) is 0 Å². The first-order chi connectivity index (χ1) is 7.29. The smallest absolute Gasteiger partial charge is 0.196 e. The molecule has 94 valence electrons. The minimum Gasteiger partial charge on any atom is -0.349 e. The van der Waals surface area contributed by atoms with Gasteiger partial charge >= 0.3 is 0 Å². The molecule has 0 N–H and O–H groups in total. The average molecular weight is 226 g/mol. The first-order valence-corrected chi connectivity index (χ1v) is 6.00. The van der Waals surface area contributed by atoms with Crippen molar-refractivity contribution in [3.05, 3.63) is 0 Å². The maximum atomic E-state index is 4.81. The number of piperazine rings is 1. The zero-order chi connectivity index (χ0) is 12.3. The third-order valence-corrected chi connectivity index (χ3v) is 2.62. The Labute approximate surface area is 99.9 Å². The highest BCUT2D eigenvalue weighted by Gasteiger charge is 2.21. The minimum atomic E-state index is -0.0110. The summed E-state index contributed by atoms with van der Waals surface area (Å²) in [5.41, 5.74) is -0.0110. The van der Waals surface area contributed by atoms with E-state index in [1.54, 1.807) is 0 Å². The lowest BCUT2D eigenvalue weighted by molar-refractivity contribution is 0.201. The highest BCUT2D eigenvalue weighted by molar-refractivity contribution is 5.80. The van der Waals surface area contributed by atoms with Crippen LogP contribution in [-0.2, 0) is 0 Å². The number of guanidine groups is 1. The van der Waals surface area contributed by atoms with Gasteiger partial charge in [0.05, 0.1) is 5.54 Å². The second kappa shape index (κ2) is 5.04. The molecule has 0 aromatic carbocycles. The van der Waals surface area contributed by atoms with Gasteiger partial charge in [-0.05, 0) is 27.8 Å². The fourth-order valence-electron chi connectivity index (χ4n) is 1.76. The van der Waals surface area contributed by atoms with Crippen molar-refractivity contribution in [1.29, 1.82) is 0 Å². The molecule has 0 spiro atoms. The van der Waals surface area contributed by atoms with E-state index in [0.29, 0.717) is 0 Å². The molecule has 1 fully saturated rings. The molecule has 1 saturated heterocycles. The molecule has 4 heteroatoms. The lowest BCUT2D eigenvalue weighted by Crippen LogP contribution is -2.51. The maximum absolute atomic E-state index is 4.81. The van der Waals surface area contributed by atoms with E-state index in [1.807, 2.05) is 0 Å². The molecule has 1 aliphatic heterocycles. The molecule has 4 nitrogen and oxygen atoms in total. The molecule has 0 bridgehead atoms. The SMILES string of the molecule is CN1CCN(/C(=N\C(C)(C)C)N(C)C)CC1. The number of nitrogens with zero attached hydrogens (tertiary/aromatic N) is 4. The van der Waals surface area contributed by atoms with Crippen molar-refractivity contribution in [2.75, 3.05) is 47.3 Å². The highest BCUT2D eigenvalue weighted by Crippen LogP contribution is 2.11. The first-order valence-electron chi connectivity index (χ1n) is 6.00. The predicted octanol–water partition coefficient (Wildman–Crippen LogP) is 0.950. The van der Waals surface area contributed by atoms with Gasteiger partial charge in [-0.1, -0.05) is 0 Å². The number of hydrogen-bond acceptors (Lipinski definition) is 2. The molecule has 1 heterocycles. The number of aliphatic imine (C=N–C) groups is 1. The Bertz CT molecular complexity index is 244. The normalized spacial score (nSPS) is 20.1. The van der Waals surface area contributed by atoms with Crippen LogP contribution in [0.2, 0.25) is 0 Å². The van der Waals surface area contributed by atoms with Gasteiger partial charge in [-0.2, -0.15) is 0 Å². The summed E-state index contributed by atoms with van der Waals surface area (Å²) in [5, 5.41) is 0. The number of rotatable bonds is 0. The average Bonchev–Trinajstić information content (AvgIpc) is 2.14. The Morgan fingerprint density at radius 3 is 1.94 bits per heavy atom. The molecule has 0 atom stereocenters. The van der Waals surface area contributed by atoms with E-state index in [4.69, 9.17) is 4.99 Å². The molecular weight excluding hydrogens is 200 g/mol. The molecule has 0 aliphatic carbocycles. The third kappa shape index (κ3) is 4.00. The van der Waals surface area contributed by atoms with Gasteiger partial charge in [-0.25, -0.2) is 4.99 Å². The van der Waals surface area contributed by atoms with E-state index < -0.39 is 0 Å². The standard InChI is InChI=1S/C12H26N4/c1-12(2,3)13-11(14(4)5)16-9-7-15(6)8-10-16/h7-10H2,1-6H3/b13-11-. The lowest BCUT2D eigenvalue weighted by Gasteiger charge is -2.37. The van der Waals surface area contributed by atoms with Crippen LogP contribution in [-0.4, -0.2) is 73.5 Å². The predicted molar refractivity (Wildman–Crippen MR) is 69.9 cm³/mol. The van der Waals surface area contributed by atoms with Gasteiger partial charge in [0.15, 0.2) is 5.96 Å². The van der Waals surface area contributed by atoms with Crippen molar-refractivity contribution in [3.63, 3.8) is 0 Å². The molecule has 0 aromatic heterocycles. The van der Waals surface area contributed by atoms with Gasteiger partial charge in [-0.15, -0.1) is 0 Å². The molecule has 0 unspecified atom stereocenters. The van der Waals surface area contributed by atoms with Crippen LogP contribution in [0.25, 0.3) is 0 Å². The van der Waals surface area contributed by atoms with Crippen LogP contribution in [0.5, 0.6) is 0 Å². The molecular formula is C12H26N4. The van der Waals surface area contributed by atoms with Gasteiger partial charge in [0.25, 0.3) is 0 Å². The van der Waals surface area contributed by atoms with Gasteiger partial charge in [-0.3, -0.25) is 0 Å². The van der Waals surface area contributed by atoms with Gasteiger partial charge in [0.1, 0.15) is 0 Å². The summed E-state index contributed by atoms with van der Waals surface area (Å²) in [6.07, 6.45) is 0. The fraction of sp³-hybridized carbons (Fsp3) is 0.917. The minimum absolute atomic E-state index is 0.0110. The zero-order valence-electron chi connectivity index (χ0n) is 11.6. The van der Waals surface area contributed by atoms with E-state index in [2.05, 4.69) is 56.6 Å². The van der Waals surface area contributed by atoms with Gasteiger partial charge < -0.3 is 14.7 Å². The van der Waals surface area contributed by atoms with Crippen molar-refractivity contribution in [2.45, 2.75) is 26.3 Å². The maximum Gasteiger partial charge on any atom is 0.196 e. The van der Waals surface area contributed by atoms with Crippen LogP contribution in [0.4, 0.5) is 0 Å². The fourth-order valence-corrected chi connectivity index (χ4v) is 1.76. The van der Waals surface area contributed by atoms with Crippen molar-refractivity contribution in [2.24, 2.45) is 4.99 Å². The largest absolute Gasteiger partial charge is 0.349 e. The molecule has 16 heavy (non-hydrogen) atoms. The van der Waals surface area contributed by atoms with Crippen molar-refractivity contribution < 1.29 is 0 Å². The highest BCUT2D eigenvalue weighted by atomic mass is 15.4. The summed E-state index contributed by atoms with van der Waals surface area (Å²) in [4.78, 5) is 11.7. The summed E-state index contributed by atoms with van der Waals surface area (Å²) in [6, 6.07) is 0. The Morgan fingerprint density at radius 1 is 1.06 bits per heavy atom. The third-order valence-electron chi connectivity index (χ3n) is 2.62. The van der Waals surface area contributed by atoms with Crippen molar-refractivity contribution >= 4 is 5.96 Å². The molecule has 0 radical (unpaired) electrons. The summed E-state index contributed by atoms with van der Waals surface area (Å²) in [7, 11) is 6.32. The van der Waals surface area contributed by atoms with Gasteiger partial charge in [0.2, 0.25) is 0 Å². The topological polar surface area (TPSA) is 22.1 Å². The Kier molecular flexibility index (Phi) is 4.19. The second-order valence-electron chi connectivity index (χ2n) is 5.77. The lowest BCUT2D eigenvalue weighted by atomic mass is 10.1. The Morgan fingerprint density at radius 2 is 1.56 bits per heavy atom. The van der Waals surface area contributed by atoms with E-state index in [0.717, 1.165) is 32.1 Å². The number of likely N-dealkylation sites (N-methyl/N-ethyl adjacent to an activating group) is 1. The van der Waals surface area contributed by atoms with Crippen LogP contribution in [0.1, 0.15) is 20.8 Å². The van der Waals surface area contributed by atoms with Crippen LogP contribution in [0.15, 0.2) is 4.99 Å². The van der Waals surface area contributed by atoms with Crippen molar-refractivity contribution in [1.82, 2.24) is 14.7 Å². The van der Waals surface area contributed by atoms with E-state index in [-0.39, 0.29) is 5.54 Å². The monoisotopic (exact) mass is 226 g/mol. The second-order valence-corrected chi connectivity index (χ2v) is 5.77. The number of hydrogen-bond donors (Lipinski definition) is 0. The molecule has 1 rings (SSSR count). The Balaban J connectivity index is 2.75. The molecule has 1 aliphatic rings. The van der Waals surface area contributed by atoms with E-state index in [9.17, 15) is 0 Å². The summed E-state index contributed by atoms with van der Waals surface area (Å²) >= 11 is 0. The summed E-state index contributed by atoms with van der Waals surface area (Å²) in [5.74, 6) is 1.11. The van der Waals surface area contributed by atoms with Crippen molar-refractivity contribution in [3.8, 4) is 0 Å². The van der Waals surface area contributed by atoms with Crippen LogP contribution < -0.4 is 0 Å². The van der Waals surface area contributed by atoms with E-state index in [1.165, 1.54) is 0 Å². The summed E-state index contributed by atoms with van der Waals surface area (Å²) in [6.45, 7) is 10.8. The molecule has 0 saturated carbocycles. The summed E-state index contributed by atoms with van der Waals surface area (Å²) < 4.78 is 0. The zero-order valence-corrected chi connectivity index (χ0v) is 11.6.